The molecule has 96 valence electrons. The van der Waals surface area contributed by atoms with Gasteiger partial charge in [-0.1, -0.05) is 31.5 Å². The Morgan fingerprint density at radius 3 is 2.83 bits per heavy atom. The molecule has 0 amide bonds. The highest BCUT2D eigenvalue weighted by atomic mass is 16.5. The summed E-state index contributed by atoms with van der Waals surface area (Å²) in [5.41, 5.74) is 9.02. The summed E-state index contributed by atoms with van der Waals surface area (Å²) in [6.45, 7) is 2.17. The highest BCUT2D eigenvalue weighted by Crippen LogP contribution is 2.35. The van der Waals surface area contributed by atoms with Crippen molar-refractivity contribution in [2.24, 2.45) is 0 Å². The second kappa shape index (κ2) is 5.58. The highest BCUT2D eigenvalue weighted by molar-refractivity contribution is 5.80. The van der Waals surface area contributed by atoms with Crippen LogP contribution in [0.1, 0.15) is 25.5 Å². The maximum Gasteiger partial charge on any atom is 0.153 e. The fourth-order valence-electron chi connectivity index (χ4n) is 2.08. The van der Waals surface area contributed by atoms with E-state index in [0.717, 1.165) is 41.8 Å². The monoisotopic (exact) mass is 245 g/mol. The van der Waals surface area contributed by atoms with Gasteiger partial charge in [0.15, 0.2) is 5.82 Å². The summed E-state index contributed by atoms with van der Waals surface area (Å²) in [5, 5.41) is 7.15. The van der Waals surface area contributed by atoms with Crippen molar-refractivity contribution in [2.75, 3.05) is 12.8 Å². The SMILES string of the molecule is CCCCc1[nH]nc(N)c1-c1ccccc1OC. The first-order valence-electron chi connectivity index (χ1n) is 6.24. The average Bonchev–Trinajstić information content (AvgIpc) is 2.77. The molecule has 0 spiro atoms. The van der Waals surface area contributed by atoms with Gasteiger partial charge in [-0.3, -0.25) is 5.10 Å². The van der Waals surface area contributed by atoms with Gasteiger partial charge in [-0.15, -0.1) is 0 Å². The van der Waals surface area contributed by atoms with Crippen LogP contribution in [-0.2, 0) is 6.42 Å². The number of unbranched alkanes of at least 4 members (excludes halogenated alkanes) is 1. The summed E-state index contributed by atoms with van der Waals surface area (Å²) in [6.07, 6.45) is 3.21. The molecule has 0 aliphatic carbocycles. The summed E-state index contributed by atoms with van der Waals surface area (Å²) in [5.74, 6) is 1.36. The standard InChI is InChI=1S/C14H19N3O/c1-3-4-8-11-13(14(15)17-16-11)10-7-5-6-9-12(10)18-2/h5-7,9H,3-4,8H2,1-2H3,(H3,15,16,17). The van der Waals surface area contributed by atoms with E-state index in [4.69, 9.17) is 10.5 Å². The summed E-state index contributed by atoms with van der Waals surface area (Å²) < 4.78 is 5.39. The van der Waals surface area contributed by atoms with Gasteiger partial charge in [-0.05, 0) is 18.9 Å². The molecule has 2 rings (SSSR count). The molecule has 0 saturated heterocycles. The number of aromatic amines is 1. The number of aryl methyl sites for hydroxylation is 1. The van der Waals surface area contributed by atoms with Crippen LogP contribution < -0.4 is 10.5 Å². The minimum atomic E-state index is 0.533. The van der Waals surface area contributed by atoms with Gasteiger partial charge >= 0.3 is 0 Å². The van der Waals surface area contributed by atoms with E-state index >= 15 is 0 Å². The van der Waals surface area contributed by atoms with Crippen LogP contribution in [-0.4, -0.2) is 17.3 Å². The van der Waals surface area contributed by atoms with Gasteiger partial charge in [0, 0.05) is 11.3 Å². The molecule has 1 heterocycles. The number of methoxy groups -OCH3 is 1. The van der Waals surface area contributed by atoms with Crippen LogP contribution in [0.4, 0.5) is 5.82 Å². The third-order valence-corrected chi connectivity index (χ3v) is 3.03. The number of nitrogens with one attached hydrogen (secondary N) is 1. The lowest BCUT2D eigenvalue weighted by molar-refractivity contribution is 0.416. The first-order valence-corrected chi connectivity index (χ1v) is 6.24. The van der Waals surface area contributed by atoms with Crippen molar-refractivity contribution >= 4 is 5.82 Å². The predicted molar refractivity (Wildman–Crippen MR) is 73.6 cm³/mol. The molecule has 1 aromatic carbocycles. The van der Waals surface area contributed by atoms with Gasteiger partial charge in [-0.25, -0.2) is 0 Å². The largest absolute Gasteiger partial charge is 0.496 e. The Morgan fingerprint density at radius 1 is 1.33 bits per heavy atom. The molecule has 4 nitrogen and oxygen atoms in total. The van der Waals surface area contributed by atoms with Crippen LogP contribution in [0, 0.1) is 0 Å². The van der Waals surface area contributed by atoms with Crippen molar-refractivity contribution in [1.29, 1.82) is 0 Å². The number of anilines is 1. The van der Waals surface area contributed by atoms with Gasteiger partial charge in [0.05, 0.1) is 12.7 Å². The number of hydrogen-bond donors (Lipinski definition) is 2. The highest BCUT2D eigenvalue weighted by Gasteiger charge is 2.15. The molecule has 0 saturated carbocycles. The molecule has 0 atom stereocenters. The molecule has 0 fully saturated rings. The molecule has 3 N–H and O–H groups in total. The van der Waals surface area contributed by atoms with Crippen molar-refractivity contribution < 1.29 is 4.74 Å². The molecule has 0 aliphatic heterocycles. The van der Waals surface area contributed by atoms with Gasteiger partial charge in [0.25, 0.3) is 0 Å². The second-order valence-electron chi connectivity index (χ2n) is 4.27. The third-order valence-electron chi connectivity index (χ3n) is 3.03. The Morgan fingerprint density at radius 2 is 2.11 bits per heavy atom. The molecule has 0 radical (unpaired) electrons. The minimum absolute atomic E-state index is 0.533. The van der Waals surface area contributed by atoms with Crippen LogP contribution in [0.25, 0.3) is 11.1 Å². The Kier molecular flexibility index (Phi) is 3.87. The Balaban J connectivity index is 2.45. The number of ether oxygens (including phenoxy) is 1. The number of aromatic nitrogens is 2. The quantitative estimate of drug-likeness (QED) is 0.851. The van der Waals surface area contributed by atoms with E-state index in [1.54, 1.807) is 7.11 Å². The average molecular weight is 245 g/mol. The zero-order chi connectivity index (χ0) is 13.0. The number of nitrogen functional groups attached to an aromatic ring is 1. The van der Waals surface area contributed by atoms with Gasteiger partial charge < -0.3 is 10.5 Å². The number of para-hydroxylation sites is 1. The summed E-state index contributed by atoms with van der Waals surface area (Å²) in [4.78, 5) is 0. The third kappa shape index (κ3) is 2.32. The first kappa shape index (κ1) is 12.5. The van der Waals surface area contributed by atoms with Crippen LogP contribution in [0.3, 0.4) is 0 Å². The van der Waals surface area contributed by atoms with E-state index in [2.05, 4.69) is 17.1 Å². The predicted octanol–water partition coefficient (Wildman–Crippen LogP) is 3.01. The van der Waals surface area contributed by atoms with E-state index in [1.807, 2.05) is 24.3 Å². The molecule has 1 aromatic heterocycles. The number of nitrogens with two attached hydrogens (primary N) is 1. The van der Waals surface area contributed by atoms with Crippen molar-refractivity contribution in [2.45, 2.75) is 26.2 Å². The Labute approximate surface area is 107 Å². The first-order chi connectivity index (χ1) is 8.77. The van der Waals surface area contributed by atoms with Gasteiger partial charge in [0.1, 0.15) is 5.75 Å². The van der Waals surface area contributed by atoms with E-state index in [-0.39, 0.29) is 0 Å². The number of nitrogens with zero attached hydrogens (tertiary/aromatic N) is 1. The summed E-state index contributed by atoms with van der Waals surface area (Å²) in [6, 6.07) is 7.87. The lowest BCUT2D eigenvalue weighted by Crippen LogP contribution is -1.94. The molecular weight excluding hydrogens is 226 g/mol. The number of H-pyrrole nitrogens is 1. The maximum absolute atomic E-state index is 5.97. The zero-order valence-electron chi connectivity index (χ0n) is 10.9. The normalized spacial score (nSPS) is 10.6. The minimum Gasteiger partial charge on any atom is -0.496 e. The summed E-state index contributed by atoms with van der Waals surface area (Å²) in [7, 11) is 1.67. The molecule has 4 heteroatoms. The molecule has 0 unspecified atom stereocenters. The van der Waals surface area contributed by atoms with Gasteiger partial charge in [-0.2, -0.15) is 5.10 Å². The molecule has 0 aliphatic rings. The van der Waals surface area contributed by atoms with Crippen molar-refractivity contribution in [3.63, 3.8) is 0 Å². The fourth-order valence-corrected chi connectivity index (χ4v) is 2.08. The van der Waals surface area contributed by atoms with Crippen molar-refractivity contribution in [1.82, 2.24) is 10.2 Å². The van der Waals surface area contributed by atoms with Crippen molar-refractivity contribution in [3.05, 3.63) is 30.0 Å². The van der Waals surface area contributed by atoms with E-state index in [0.29, 0.717) is 5.82 Å². The number of benzene rings is 1. The summed E-state index contributed by atoms with van der Waals surface area (Å²) >= 11 is 0. The van der Waals surface area contributed by atoms with Crippen LogP contribution in [0.15, 0.2) is 24.3 Å². The van der Waals surface area contributed by atoms with Gasteiger partial charge in [0.2, 0.25) is 0 Å². The molecule has 2 aromatic rings. The zero-order valence-corrected chi connectivity index (χ0v) is 10.9. The Hall–Kier alpha value is -1.97. The van der Waals surface area contributed by atoms with E-state index < -0.39 is 0 Å². The lowest BCUT2D eigenvalue weighted by atomic mass is 10.0. The van der Waals surface area contributed by atoms with Crippen molar-refractivity contribution in [3.8, 4) is 16.9 Å². The smallest absolute Gasteiger partial charge is 0.153 e. The maximum atomic E-state index is 5.97. The Bertz CT molecular complexity index is 520. The molecule has 0 bridgehead atoms. The lowest BCUT2D eigenvalue weighted by Gasteiger charge is -2.09. The topological polar surface area (TPSA) is 63.9 Å². The molecule has 18 heavy (non-hydrogen) atoms. The van der Waals surface area contributed by atoms with E-state index in [1.165, 1.54) is 0 Å². The van der Waals surface area contributed by atoms with Crippen LogP contribution >= 0.6 is 0 Å². The van der Waals surface area contributed by atoms with Crippen LogP contribution in [0.5, 0.6) is 5.75 Å². The second-order valence-corrected chi connectivity index (χ2v) is 4.27. The number of rotatable bonds is 5. The van der Waals surface area contributed by atoms with E-state index in [9.17, 15) is 0 Å². The number of hydrogen-bond acceptors (Lipinski definition) is 3. The fraction of sp³-hybridized carbons (Fsp3) is 0.357. The van der Waals surface area contributed by atoms with Crippen LogP contribution in [0.2, 0.25) is 0 Å². The molecular formula is C14H19N3O.